The van der Waals surface area contributed by atoms with Gasteiger partial charge in [0.2, 0.25) is 5.91 Å². The van der Waals surface area contributed by atoms with Crippen molar-refractivity contribution < 1.29 is 9.53 Å². The third kappa shape index (κ3) is 3.46. The Labute approximate surface area is 98.1 Å². The van der Waals surface area contributed by atoms with E-state index in [-0.39, 0.29) is 11.3 Å². The molecule has 0 aliphatic heterocycles. The van der Waals surface area contributed by atoms with Crippen LogP contribution in [-0.2, 0) is 9.53 Å². The first-order chi connectivity index (χ1) is 7.75. The second-order valence-corrected chi connectivity index (χ2v) is 4.59. The highest BCUT2D eigenvalue weighted by atomic mass is 16.5. The molecule has 0 aromatic rings. The number of carbonyl (C=O) groups excluding carboxylic acids is 1. The Morgan fingerprint density at radius 3 is 2.62 bits per heavy atom. The molecule has 0 heterocycles. The summed E-state index contributed by atoms with van der Waals surface area (Å²) in [6, 6.07) is 0. The Hall–Kier alpha value is -0.610. The van der Waals surface area contributed by atoms with Crippen LogP contribution >= 0.6 is 0 Å². The van der Waals surface area contributed by atoms with Crippen molar-refractivity contribution in [1.29, 1.82) is 0 Å². The van der Waals surface area contributed by atoms with Crippen molar-refractivity contribution in [1.82, 2.24) is 10.6 Å². The summed E-state index contributed by atoms with van der Waals surface area (Å²) in [7, 11) is 3.62. The smallest absolute Gasteiger partial charge is 0.226 e. The predicted molar refractivity (Wildman–Crippen MR) is 64.3 cm³/mol. The Bertz CT molecular complexity index is 215. The quantitative estimate of drug-likeness (QED) is 0.607. The SMILES string of the molecule is CNCCCNC(=O)C1(CCOC)CCC1. The highest BCUT2D eigenvalue weighted by Crippen LogP contribution is 2.44. The van der Waals surface area contributed by atoms with Crippen LogP contribution in [0.1, 0.15) is 32.1 Å². The second-order valence-electron chi connectivity index (χ2n) is 4.59. The lowest BCUT2D eigenvalue weighted by Crippen LogP contribution is -2.46. The Balaban J connectivity index is 2.26. The fraction of sp³-hybridized carbons (Fsp3) is 0.917. The van der Waals surface area contributed by atoms with Gasteiger partial charge >= 0.3 is 0 Å². The summed E-state index contributed by atoms with van der Waals surface area (Å²) in [5.41, 5.74) is -0.115. The summed E-state index contributed by atoms with van der Waals surface area (Å²) in [5.74, 6) is 0.229. The maximum Gasteiger partial charge on any atom is 0.226 e. The van der Waals surface area contributed by atoms with Gasteiger partial charge in [0.25, 0.3) is 0 Å². The molecule has 0 aromatic carbocycles. The number of ether oxygens (including phenoxy) is 1. The molecule has 0 radical (unpaired) electrons. The van der Waals surface area contributed by atoms with E-state index in [1.165, 1.54) is 6.42 Å². The van der Waals surface area contributed by atoms with Gasteiger partial charge in [-0.1, -0.05) is 6.42 Å². The monoisotopic (exact) mass is 228 g/mol. The van der Waals surface area contributed by atoms with Crippen molar-refractivity contribution in [3.63, 3.8) is 0 Å². The summed E-state index contributed by atoms with van der Waals surface area (Å²) >= 11 is 0. The minimum atomic E-state index is -0.115. The van der Waals surface area contributed by atoms with Gasteiger partial charge in [-0.15, -0.1) is 0 Å². The van der Waals surface area contributed by atoms with E-state index < -0.39 is 0 Å². The normalized spacial score (nSPS) is 17.9. The lowest BCUT2D eigenvalue weighted by Gasteiger charge is -2.40. The van der Waals surface area contributed by atoms with Crippen molar-refractivity contribution in [2.24, 2.45) is 5.41 Å². The highest BCUT2D eigenvalue weighted by Gasteiger charge is 2.43. The summed E-state index contributed by atoms with van der Waals surface area (Å²) in [4.78, 5) is 12.0. The predicted octanol–water partition coefficient (Wildman–Crippen LogP) is 0.919. The third-order valence-corrected chi connectivity index (χ3v) is 3.47. The fourth-order valence-corrected chi connectivity index (χ4v) is 2.15. The molecule has 1 saturated carbocycles. The van der Waals surface area contributed by atoms with E-state index in [2.05, 4.69) is 10.6 Å². The van der Waals surface area contributed by atoms with Crippen molar-refractivity contribution >= 4 is 5.91 Å². The van der Waals surface area contributed by atoms with Gasteiger partial charge in [0.05, 0.1) is 5.41 Å². The van der Waals surface area contributed by atoms with Crippen molar-refractivity contribution in [2.45, 2.75) is 32.1 Å². The van der Waals surface area contributed by atoms with Crippen LogP contribution in [-0.4, -0.2) is 39.8 Å². The first-order valence-electron chi connectivity index (χ1n) is 6.17. The van der Waals surface area contributed by atoms with E-state index >= 15 is 0 Å². The van der Waals surface area contributed by atoms with E-state index in [9.17, 15) is 4.79 Å². The third-order valence-electron chi connectivity index (χ3n) is 3.47. The zero-order chi connectivity index (χ0) is 11.9. The molecular formula is C12H24N2O2. The van der Waals surface area contributed by atoms with E-state index in [1.54, 1.807) is 7.11 Å². The summed E-state index contributed by atoms with van der Waals surface area (Å²) in [6.07, 6.45) is 5.07. The number of methoxy groups -OCH3 is 1. The van der Waals surface area contributed by atoms with Crippen molar-refractivity contribution in [2.75, 3.05) is 33.9 Å². The minimum absolute atomic E-state index is 0.115. The maximum absolute atomic E-state index is 12.0. The number of carbonyl (C=O) groups is 1. The molecule has 16 heavy (non-hydrogen) atoms. The molecule has 1 aliphatic carbocycles. The minimum Gasteiger partial charge on any atom is -0.385 e. The molecule has 94 valence electrons. The molecule has 0 saturated heterocycles. The number of rotatable bonds is 8. The zero-order valence-electron chi connectivity index (χ0n) is 10.5. The molecule has 4 nitrogen and oxygen atoms in total. The number of nitrogens with one attached hydrogen (secondary N) is 2. The highest BCUT2D eigenvalue weighted by molar-refractivity contribution is 5.83. The molecule has 1 aliphatic rings. The van der Waals surface area contributed by atoms with Gasteiger partial charge in [0, 0.05) is 20.3 Å². The van der Waals surface area contributed by atoms with Crippen LogP contribution in [0.3, 0.4) is 0 Å². The van der Waals surface area contributed by atoms with Crippen LogP contribution in [0.5, 0.6) is 0 Å². The van der Waals surface area contributed by atoms with Gasteiger partial charge in [-0.3, -0.25) is 4.79 Å². The maximum atomic E-state index is 12.0. The molecule has 1 amide bonds. The molecule has 4 heteroatoms. The van der Waals surface area contributed by atoms with Crippen LogP contribution in [0.25, 0.3) is 0 Å². The first kappa shape index (κ1) is 13.5. The summed E-state index contributed by atoms with van der Waals surface area (Å²) < 4.78 is 5.08. The molecule has 0 spiro atoms. The zero-order valence-corrected chi connectivity index (χ0v) is 10.5. The van der Waals surface area contributed by atoms with E-state index in [4.69, 9.17) is 4.74 Å². The Morgan fingerprint density at radius 2 is 2.12 bits per heavy atom. The van der Waals surface area contributed by atoms with Crippen molar-refractivity contribution in [3.05, 3.63) is 0 Å². The molecule has 2 N–H and O–H groups in total. The Kier molecular flexibility index (Phi) is 5.77. The second kappa shape index (κ2) is 6.86. The molecule has 1 fully saturated rings. The van der Waals surface area contributed by atoms with Gasteiger partial charge < -0.3 is 15.4 Å². The van der Waals surface area contributed by atoms with Crippen LogP contribution in [0.4, 0.5) is 0 Å². The Morgan fingerprint density at radius 1 is 1.38 bits per heavy atom. The lowest BCUT2D eigenvalue weighted by molar-refractivity contribution is -0.137. The van der Waals surface area contributed by atoms with Crippen LogP contribution < -0.4 is 10.6 Å². The van der Waals surface area contributed by atoms with Crippen LogP contribution in [0.15, 0.2) is 0 Å². The standard InChI is InChI=1S/C12H24N2O2/c1-13-8-4-9-14-11(15)12(5-3-6-12)7-10-16-2/h13H,3-10H2,1-2H3,(H,14,15). The van der Waals surface area contributed by atoms with Gasteiger partial charge in [0.1, 0.15) is 0 Å². The van der Waals surface area contributed by atoms with Crippen LogP contribution in [0, 0.1) is 5.41 Å². The van der Waals surface area contributed by atoms with Gasteiger partial charge in [-0.2, -0.15) is 0 Å². The van der Waals surface area contributed by atoms with E-state index in [1.807, 2.05) is 7.05 Å². The molecule has 1 rings (SSSR count). The van der Waals surface area contributed by atoms with E-state index in [0.29, 0.717) is 6.61 Å². The molecule has 0 aromatic heterocycles. The average molecular weight is 228 g/mol. The fourth-order valence-electron chi connectivity index (χ4n) is 2.15. The summed E-state index contributed by atoms with van der Waals surface area (Å²) in [6.45, 7) is 2.41. The van der Waals surface area contributed by atoms with Crippen molar-refractivity contribution in [3.8, 4) is 0 Å². The molecular weight excluding hydrogens is 204 g/mol. The van der Waals surface area contributed by atoms with Gasteiger partial charge in [0.15, 0.2) is 0 Å². The van der Waals surface area contributed by atoms with E-state index in [0.717, 1.165) is 38.8 Å². The van der Waals surface area contributed by atoms with Gasteiger partial charge in [-0.25, -0.2) is 0 Å². The summed E-state index contributed by atoms with van der Waals surface area (Å²) in [5, 5.41) is 6.11. The molecule has 0 atom stereocenters. The lowest BCUT2D eigenvalue weighted by atomic mass is 9.66. The number of hydrogen-bond donors (Lipinski definition) is 2. The number of amides is 1. The average Bonchev–Trinajstić information content (AvgIpc) is 2.23. The van der Waals surface area contributed by atoms with Crippen LogP contribution in [0.2, 0.25) is 0 Å². The molecule has 0 bridgehead atoms. The molecule has 0 unspecified atom stereocenters. The van der Waals surface area contributed by atoms with Gasteiger partial charge in [-0.05, 0) is 39.3 Å². The topological polar surface area (TPSA) is 50.4 Å². The largest absolute Gasteiger partial charge is 0.385 e. The number of hydrogen-bond acceptors (Lipinski definition) is 3. The first-order valence-corrected chi connectivity index (χ1v) is 6.17.